The van der Waals surface area contributed by atoms with Crippen molar-refractivity contribution in [2.75, 3.05) is 12.3 Å². The van der Waals surface area contributed by atoms with Crippen molar-refractivity contribution in [1.82, 2.24) is 10.2 Å². The van der Waals surface area contributed by atoms with Gasteiger partial charge in [0.25, 0.3) is 5.91 Å². The summed E-state index contributed by atoms with van der Waals surface area (Å²) >= 11 is 0. The van der Waals surface area contributed by atoms with Crippen molar-refractivity contribution in [3.63, 3.8) is 0 Å². The summed E-state index contributed by atoms with van der Waals surface area (Å²) in [5.41, 5.74) is 1.08. The normalized spacial score (nSPS) is 17.4. The summed E-state index contributed by atoms with van der Waals surface area (Å²) in [7, 11) is -3.54. The van der Waals surface area contributed by atoms with Crippen LogP contribution >= 0.6 is 0 Å². The molecule has 7 heteroatoms. The second-order valence-electron chi connectivity index (χ2n) is 6.15. The summed E-state index contributed by atoms with van der Waals surface area (Å²) in [6, 6.07) is 16.6. The van der Waals surface area contributed by atoms with E-state index in [0.29, 0.717) is 12.8 Å². The highest BCUT2D eigenvalue weighted by molar-refractivity contribution is 7.91. The number of benzene rings is 2. The number of urea groups is 1. The first-order chi connectivity index (χ1) is 12.5. The number of rotatable bonds is 7. The first-order valence-electron chi connectivity index (χ1n) is 8.41. The molecule has 0 aromatic heterocycles. The Labute approximate surface area is 152 Å². The first kappa shape index (κ1) is 18.1. The van der Waals surface area contributed by atoms with Crippen LogP contribution in [-0.2, 0) is 21.1 Å². The molecule has 1 fully saturated rings. The lowest BCUT2D eigenvalue weighted by Gasteiger charge is -2.13. The van der Waals surface area contributed by atoms with Crippen molar-refractivity contribution in [1.29, 1.82) is 0 Å². The van der Waals surface area contributed by atoms with Crippen molar-refractivity contribution >= 4 is 21.8 Å². The van der Waals surface area contributed by atoms with Crippen molar-refractivity contribution < 1.29 is 18.0 Å². The zero-order chi connectivity index (χ0) is 18.6. The molecule has 0 aliphatic carbocycles. The Morgan fingerprint density at radius 2 is 1.54 bits per heavy atom. The Bertz CT molecular complexity index is 882. The zero-order valence-electron chi connectivity index (χ0n) is 14.2. The molecule has 1 aliphatic heterocycles. The van der Waals surface area contributed by atoms with E-state index in [2.05, 4.69) is 5.32 Å². The van der Waals surface area contributed by atoms with Crippen LogP contribution in [0.2, 0.25) is 0 Å². The molecule has 2 aromatic carbocycles. The summed E-state index contributed by atoms with van der Waals surface area (Å²) < 4.78 is 24.6. The van der Waals surface area contributed by atoms with Gasteiger partial charge in [-0.25, -0.2) is 13.2 Å². The summed E-state index contributed by atoms with van der Waals surface area (Å²) in [6.45, 7) is -0.149. The van der Waals surface area contributed by atoms with E-state index in [4.69, 9.17) is 0 Å². The van der Waals surface area contributed by atoms with E-state index in [1.807, 2.05) is 30.3 Å². The molecule has 2 aromatic rings. The minimum atomic E-state index is -3.54. The number of imide groups is 1. The maximum atomic E-state index is 12.4. The molecular formula is C19H20N2O4S. The fourth-order valence-electron chi connectivity index (χ4n) is 2.90. The number of amides is 3. The summed E-state index contributed by atoms with van der Waals surface area (Å²) in [4.78, 5) is 25.7. The lowest BCUT2D eigenvalue weighted by molar-refractivity contribution is -0.127. The van der Waals surface area contributed by atoms with E-state index < -0.39 is 21.9 Å². The molecule has 0 spiro atoms. The van der Waals surface area contributed by atoms with E-state index in [0.717, 1.165) is 10.5 Å². The average Bonchev–Trinajstić information content (AvgIpc) is 2.93. The van der Waals surface area contributed by atoms with Gasteiger partial charge in [-0.15, -0.1) is 0 Å². The van der Waals surface area contributed by atoms with Crippen molar-refractivity contribution in [3.05, 3.63) is 66.2 Å². The number of nitrogens with one attached hydrogen (secondary N) is 1. The lowest BCUT2D eigenvalue weighted by Crippen LogP contribution is -2.35. The number of hydrogen-bond donors (Lipinski definition) is 1. The molecule has 6 nitrogen and oxygen atoms in total. The molecule has 136 valence electrons. The topological polar surface area (TPSA) is 83.6 Å². The molecule has 1 aliphatic rings. The van der Waals surface area contributed by atoms with Crippen LogP contribution in [0.15, 0.2) is 65.6 Å². The van der Waals surface area contributed by atoms with Crippen molar-refractivity contribution in [3.8, 4) is 0 Å². The Kier molecular flexibility index (Phi) is 5.37. The highest BCUT2D eigenvalue weighted by Crippen LogP contribution is 2.15. The summed E-state index contributed by atoms with van der Waals surface area (Å²) in [6.07, 6.45) is 1.14. The summed E-state index contributed by atoms with van der Waals surface area (Å²) in [5.74, 6) is -0.657. The molecule has 0 radical (unpaired) electrons. The van der Waals surface area contributed by atoms with Crippen molar-refractivity contribution in [2.24, 2.45) is 0 Å². The average molecular weight is 372 g/mol. The van der Waals surface area contributed by atoms with Gasteiger partial charge in [0.1, 0.15) is 6.04 Å². The molecule has 1 N–H and O–H groups in total. The van der Waals surface area contributed by atoms with Gasteiger partial charge in [-0.1, -0.05) is 48.5 Å². The van der Waals surface area contributed by atoms with Crippen LogP contribution in [0.3, 0.4) is 0 Å². The molecule has 3 amide bonds. The second kappa shape index (κ2) is 7.70. The number of hydrogen-bond acceptors (Lipinski definition) is 4. The lowest BCUT2D eigenvalue weighted by atomic mass is 10.1. The van der Waals surface area contributed by atoms with E-state index in [-0.39, 0.29) is 23.1 Å². The van der Waals surface area contributed by atoms with Crippen LogP contribution in [0.25, 0.3) is 0 Å². The van der Waals surface area contributed by atoms with E-state index >= 15 is 0 Å². The maximum Gasteiger partial charge on any atom is 0.324 e. The van der Waals surface area contributed by atoms with E-state index in [1.54, 1.807) is 18.2 Å². The molecule has 0 saturated carbocycles. The second-order valence-corrected chi connectivity index (χ2v) is 8.26. The smallest absolute Gasteiger partial charge is 0.324 e. The number of carbonyl (C=O) groups excluding carboxylic acids is 2. The van der Waals surface area contributed by atoms with Gasteiger partial charge in [0, 0.05) is 6.54 Å². The number of sulfone groups is 1. The highest BCUT2D eigenvalue weighted by Gasteiger charge is 2.38. The molecule has 0 bridgehead atoms. The van der Waals surface area contributed by atoms with Gasteiger partial charge in [0.15, 0.2) is 9.84 Å². The monoisotopic (exact) mass is 372 g/mol. The van der Waals surface area contributed by atoms with E-state index in [9.17, 15) is 18.0 Å². The Hall–Kier alpha value is -2.67. The third-order valence-corrected chi connectivity index (χ3v) is 6.07. The third kappa shape index (κ3) is 4.11. The molecule has 1 saturated heterocycles. The van der Waals surface area contributed by atoms with Gasteiger partial charge in [0.2, 0.25) is 0 Å². The number of aryl methyl sites for hydroxylation is 1. The van der Waals surface area contributed by atoms with Gasteiger partial charge in [-0.3, -0.25) is 9.69 Å². The van der Waals surface area contributed by atoms with Crippen molar-refractivity contribution in [2.45, 2.75) is 23.8 Å². The van der Waals surface area contributed by atoms with Gasteiger partial charge < -0.3 is 5.32 Å². The first-order valence-corrected chi connectivity index (χ1v) is 10.1. The Balaban J connectivity index is 1.59. The molecule has 26 heavy (non-hydrogen) atoms. The maximum absolute atomic E-state index is 12.4. The SMILES string of the molecule is O=C1NC(CCc2ccccc2)C(=O)N1CCS(=O)(=O)c1ccccc1. The minimum Gasteiger partial charge on any atom is -0.326 e. The molecular weight excluding hydrogens is 352 g/mol. The third-order valence-electron chi connectivity index (χ3n) is 4.36. The number of nitrogens with zero attached hydrogens (tertiary/aromatic N) is 1. The standard InChI is InChI=1S/C19H20N2O4S/c22-18-17(12-11-15-7-3-1-4-8-15)20-19(23)21(18)13-14-26(24,25)16-9-5-2-6-10-16/h1-10,17H,11-14H2,(H,20,23). The van der Waals surface area contributed by atoms with Crippen LogP contribution < -0.4 is 5.32 Å². The van der Waals surface area contributed by atoms with Gasteiger partial charge in [-0.05, 0) is 30.5 Å². The minimum absolute atomic E-state index is 0.149. The fraction of sp³-hybridized carbons (Fsp3) is 0.263. The molecule has 1 heterocycles. The molecule has 3 rings (SSSR count). The largest absolute Gasteiger partial charge is 0.326 e. The molecule has 1 unspecified atom stereocenters. The van der Waals surface area contributed by atoms with Crippen LogP contribution in [-0.4, -0.2) is 43.6 Å². The molecule has 1 atom stereocenters. The van der Waals surface area contributed by atoms with Crippen LogP contribution in [0.4, 0.5) is 4.79 Å². The predicted molar refractivity (Wildman–Crippen MR) is 97.3 cm³/mol. The highest BCUT2D eigenvalue weighted by atomic mass is 32.2. The quantitative estimate of drug-likeness (QED) is 0.754. The zero-order valence-corrected chi connectivity index (χ0v) is 15.0. The van der Waals surface area contributed by atoms with Crippen LogP contribution in [0.1, 0.15) is 12.0 Å². The van der Waals surface area contributed by atoms with E-state index in [1.165, 1.54) is 12.1 Å². The Morgan fingerprint density at radius 1 is 0.923 bits per heavy atom. The fourth-order valence-corrected chi connectivity index (χ4v) is 4.13. The number of carbonyl (C=O) groups is 2. The van der Waals surface area contributed by atoms with Crippen LogP contribution in [0, 0.1) is 0 Å². The van der Waals surface area contributed by atoms with Gasteiger partial charge in [-0.2, -0.15) is 0 Å². The predicted octanol–water partition coefficient (Wildman–Crippen LogP) is 2.01. The van der Waals surface area contributed by atoms with Gasteiger partial charge in [0.05, 0.1) is 10.6 Å². The van der Waals surface area contributed by atoms with Crippen LogP contribution in [0.5, 0.6) is 0 Å². The summed E-state index contributed by atoms with van der Waals surface area (Å²) in [5, 5.41) is 2.64. The Morgan fingerprint density at radius 3 is 2.19 bits per heavy atom. The van der Waals surface area contributed by atoms with Gasteiger partial charge >= 0.3 is 6.03 Å².